The van der Waals surface area contributed by atoms with Gasteiger partial charge in [-0.3, -0.25) is 0 Å². The molecule has 1 aliphatic rings. The van der Waals surface area contributed by atoms with Gasteiger partial charge in [0.05, 0.1) is 0 Å². The van der Waals surface area contributed by atoms with Crippen LogP contribution in [0, 0.1) is 0 Å². The zero-order chi connectivity index (χ0) is 84.3. The molecule has 0 spiro atoms. The molecule has 0 aromatic heterocycles. The Kier molecular flexibility index (Phi) is 81.8. The molecule has 0 saturated heterocycles. The smallest absolute Gasteiger partial charge is 0.0654 e. The van der Waals surface area contributed by atoms with Gasteiger partial charge in [-0.05, 0) is 160 Å². The molecule has 0 unspecified atom stereocenters. The van der Waals surface area contributed by atoms with Gasteiger partial charge in [-0.25, -0.2) is 4.70 Å². The molecule has 2 aromatic rings. The van der Waals surface area contributed by atoms with E-state index in [1.807, 2.05) is 0 Å². The topological polar surface area (TPSA) is 25.3 Å². The Balaban J connectivity index is 0.000000809. The van der Waals surface area contributed by atoms with Crippen LogP contribution in [-0.2, 0) is 53.0 Å². The number of benzene rings is 2. The first kappa shape index (κ1) is 111. The summed E-state index contributed by atoms with van der Waals surface area (Å²) in [5.74, 6) is 0. The standard InChI is InChI=1S/C62H104N2.2C26H53.Ni/c1-9-17-25-32-39-51-47-55(48-52(40-33-26-18-10-2)57(51)44-36-29-21-13-5)61-59(43-24-16-8)60(46-38-31-23-15-7)62(64(61)63)56-49-53(41-34-27-19-11-3)58(45-37-30-22-14-6)54(50-56)42-35-28-20-12-4;2*1-3-5-7-9-11-13-15-17-19-21-23-25-26-24-22-20-18-16-14-12-10-8-6-4-2;/h47-50H,9-46H2,1-8H3;2*1,3-26H2,2H3;. The van der Waals surface area contributed by atoms with Gasteiger partial charge in [0.2, 0.25) is 11.4 Å². The third-order valence-electron chi connectivity index (χ3n) is 26.8. The molecule has 2 nitrogen and oxygen atoms in total. The molecule has 0 aliphatic carbocycles. The molecule has 0 radical (unpaired) electrons. The number of allylic oxidation sites excluding steroid dienone is 2. The van der Waals surface area contributed by atoms with E-state index < -0.39 is 0 Å². The molecule has 0 saturated carbocycles. The van der Waals surface area contributed by atoms with Gasteiger partial charge in [-0.1, -0.05) is 377 Å². The van der Waals surface area contributed by atoms with Crippen LogP contribution >= 0.6 is 0 Å². The Morgan fingerprint density at radius 1 is 0.179 bits per heavy atom. The molecule has 0 fully saturated rings. The third-order valence-corrected chi connectivity index (χ3v) is 28.1. The summed E-state index contributed by atoms with van der Waals surface area (Å²) in [5, 5.41) is 2.87. The summed E-state index contributed by atoms with van der Waals surface area (Å²) in [6.07, 6.45) is 119. The van der Waals surface area contributed by atoms with Crippen LogP contribution in [0.5, 0.6) is 0 Å². The maximum absolute atomic E-state index is 13.2. The second kappa shape index (κ2) is 86.1. The fourth-order valence-electron chi connectivity index (χ4n) is 19.0. The minimum absolute atomic E-state index is 1.04. The van der Waals surface area contributed by atoms with Crippen LogP contribution in [-0.4, -0.2) is 4.70 Å². The Morgan fingerprint density at radius 2 is 0.333 bits per heavy atom. The number of hydrogen-bond donors (Lipinski definition) is 0. The normalized spacial score (nSPS) is 12.5. The first-order valence-corrected chi connectivity index (χ1v) is 56.0. The summed E-state index contributed by atoms with van der Waals surface area (Å²) in [5.41, 5.74) is 30.6. The van der Waals surface area contributed by atoms with E-state index in [1.54, 1.807) is 38.1 Å². The first-order valence-electron chi connectivity index (χ1n) is 54.6. The quantitative estimate of drug-likeness (QED) is 0.0358. The summed E-state index contributed by atoms with van der Waals surface area (Å²) >= 11 is 2.05. The molecule has 0 N–H and O–H groups in total. The molecular weight excluding hydrogens is 1460 g/mol. The second-order valence-corrected chi connectivity index (χ2v) is 39.5. The van der Waals surface area contributed by atoms with Crippen molar-refractivity contribution in [2.24, 2.45) is 0 Å². The molecule has 0 atom stereocenters. The van der Waals surface area contributed by atoms with Crippen LogP contribution in [0.25, 0.3) is 16.9 Å². The van der Waals surface area contributed by atoms with Crippen molar-refractivity contribution in [2.75, 3.05) is 0 Å². The Morgan fingerprint density at radius 3 is 0.530 bits per heavy atom. The van der Waals surface area contributed by atoms with Crippen molar-refractivity contribution in [3.8, 4) is 0 Å². The van der Waals surface area contributed by atoms with E-state index in [0.29, 0.717) is 0 Å². The zero-order valence-electron chi connectivity index (χ0n) is 81.7. The molecule has 2 aromatic carbocycles. The molecule has 117 heavy (non-hydrogen) atoms. The van der Waals surface area contributed by atoms with Crippen molar-refractivity contribution >= 4 is 11.4 Å². The number of rotatable bonds is 90. The average Bonchev–Trinajstić information content (AvgIpc) is 1.60. The van der Waals surface area contributed by atoms with Crippen molar-refractivity contribution in [1.29, 1.82) is 0 Å². The predicted molar refractivity (Wildman–Crippen MR) is 528 cm³/mol. The predicted octanol–water partition coefficient (Wildman–Crippen LogP) is 41.4. The molecule has 686 valence electrons. The van der Waals surface area contributed by atoms with Crippen molar-refractivity contribution in [2.45, 2.75) is 632 Å². The van der Waals surface area contributed by atoms with E-state index in [4.69, 9.17) is 0 Å². The van der Waals surface area contributed by atoms with Gasteiger partial charge in [0.25, 0.3) is 0 Å². The number of nitrogens with zero attached hydrogens (tertiary/aromatic N) is 2. The van der Waals surface area contributed by atoms with Gasteiger partial charge < -0.3 is 5.53 Å². The van der Waals surface area contributed by atoms with Crippen molar-refractivity contribution in [1.82, 2.24) is 0 Å². The molecule has 1 aliphatic heterocycles. The Hall–Kier alpha value is -1.99. The number of aryl methyl sites for hydroxylation is 4. The molecule has 0 amide bonds. The van der Waals surface area contributed by atoms with Gasteiger partial charge in [0.1, 0.15) is 0 Å². The van der Waals surface area contributed by atoms with E-state index >= 15 is 0 Å². The molecule has 1 heterocycles. The van der Waals surface area contributed by atoms with Gasteiger partial charge in [0, 0.05) is 22.3 Å². The van der Waals surface area contributed by atoms with Crippen LogP contribution in [0.4, 0.5) is 0 Å². The number of unbranched alkanes of at least 4 members (excludes halogenated alkanes) is 68. The minimum atomic E-state index is 1.04. The van der Waals surface area contributed by atoms with E-state index in [0.717, 1.165) is 56.3 Å². The van der Waals surface area contributed by atoms with Crippen LogP contribution in [0.2, 0.25) is 10.8 Å². The monoisotopic (exact) mass is 1670 g/mol. The average molecular weight is 1670 g/mol. The Bertz CT molecular complexity index is 2410. The van der Waals surface area contributed by atoms with E-state index in [9.17, 15) is 5.53 Å². The van der Waals surface area contributed by atoms with Crippen molar-refractivity contribution < 1.29 is 19.1 Å². The van der Waals surface area contributed by atoms with Crippen molar-refractivity contribution in [3.05, 3.63) is 85.5 Å². The number of hydrogen-bond acceptors (Lipinski definition) is 0. The summed E-state index contributed by atoms with van der Waals surface area (Å²) in [7, 11) is 0. The SMILES string of the molecule is CCCCCCC1=C(c2cc(CCCCCC)c(CCCCCC)c(CCCCCC)c2)[N+](=[N-])C(c2cc(CCCCCC)c(CCCCCC)c(CCCCCC)c2)=C1CCCC.CCCCCCCCCCCCCCCCCCCCCCCCC[CH2][Ni][CH2]CCCCCCCCCCCCCCCCCCCCCCCCC. The summed E-state index contributed by atoms with van der Waals surface area (Å²) in [6, 6.07) is 10.4. The molecular formula is C114H210N2Ni. The fourth-order valence-corrected chi connectivity index (χ4v) is 20.3. The molecule has 3 heteroatoms. The van der Waals surface area contributed by atoms with E-state index in [2.05, 4.69) is 108 Å². The summed E-state index contributed by atoms with van der Waals surface area (Å²) in [4.78, 5) is 0. The van der Waals surface area contributed by atoms with Crippen LogP contribution in [0.1, 0.15) is 627 Å². The fraction of sp³-hybridized carbons (Fsp3) is 0.860. The van der Waals surface area contributed by atoms with Crippen LogP contribution in [0.15, 0.2) is 35.4 Å². The van der Waals surface area contributed by atoms with Crippen molar-refractivity contribution in [3.63, 3.8) is 0 Å². The first-order chi connectivity index (χ1) is 57.8. The van der Waals surface area contributed by atoms with Gasteiger partial charge in [0.15, 0.2) is 0 Å². The Labute approximate surface area is 743 Å². The molecule has 0 bridgehead atoms. The van der Waals surface area contributed by atoms with E-state index in [1.165, 1.54) is 540 Å². The zero-order valence-corrected chi connectivity index (χ0v) is 82.7. The van der Waals surface area contributed by atoms with Crippen LogP contribution < -0.4 is 0 Å². The van der Waals surface area contributed by atoms with E-state index in [-0.39, 0.29) is 0 Å². The minimum Gasteiger partial charge on any atom is -0.0654 e. The van der Waals surface area contributed by atoms with Crippen LogP contribution in [0.3, 0.4) is 0 Å². The summed E-state index contributed by atoms with van der Waals surface area (Å²) < 4.78 is 1.77. The molecule has 3 rings (SSSR count). The van der Waals surface area contributed by atoms with Gasteiger partial charge in [-0.15, -0.1) is 0 Å². The van der Waals surface area contributed by atoms with Gasteiger partial charge >= 0.3 is 166 Å². The second-order valence-electron chi connectivity index (χ2n) is 38.0. The maximum atomic E-state index is 13.2. The third kappa shape index (κ3) is 60.3. The van der Waals surface area contributed by atoms with Gasteiger partial charge in [-0.2, -0.15) is 0 Å². The summed E-state index contributed by atoms with van der Waals surface area (Å²) in [6.45, 7) is 23.3.